The van der Waals surface area contributed by atoms with Gasteiger partial charge in [0.25, 0.3) is 17.7 Å². The molecular formula is C24H23F3N2O6. The number of methoxy groups -OCH3 is 1. The Morgan fingerprint density at radius 2 is 1.63 bits per heavy atom. The first-order valence-corrected chi connectivity index (χ1v) is 10.7. The van der Waals surface area contributed by atoms with Gasteiger partial charge in [-0.2, -0.15) is 13.2 Å². The van der Waals surface area contributed by atoms with Gasteiger partial charge in [-0.1, -0.05) is 12.1 Å². The van der Waals surface area contributed by atoms with Gasteiger partial charge in [0.2, 0.25) is 0 Å². The zero-order chi connectivity index (χ0) is 25.6. The van der Waals surface area contributed by atoms with Gasteiger partial charge in [-0.05, 0) is 49.2 Å². The maximum absolute atomic E-state index is 12.7. The Bertz CT molecular complexity index is 1090. The predicted molar refractivity (Wildman–Crippen MR) is 116 cm³/mol. The van der Waals surface area contributed by atoms with Crippen LogP contribution < -0.4 is 10.1 Å². The van der Waals surface area contributed by atoms with Gasteiger partial charge in [0.05, 0.1) is 24.2 Å². The zero-order valence-electron chi connectivity index (χ0n) is 18.8. The van der Waals surface area contributed by atoms with Crippen molar-refractivity contribution in [2.45, 2.75) is 19.0 Å². The lowest BCUT2D eigenvalue weighted by atomic mass is 9.96. The van der Waals surface area contributed by atoms with Gasteiger partial charge in [-0.3, -0.25) is 24.5 Å². The number of benzene rings is 2. The maximum atomic E-state index is 12.7. The lowest BCUT2D eigenvalue weighted by molar-refractivity contribution is -0.153. The Morgan fingerprint density at radius 3 is 2.23 bits per heavy atom. The number of alkyl halides is 3. The van der Waals surface area contributed by atoms with Crippen LogP contribution in [-0.4, -0.2) is 55.4 Å². The third-order valence-electron chi connectivity index (χ3n) is 5.52. The molecule has 1 fully saturated rings. The number of nitrogens with one attached hydrogen (secondary N) is 1. The van der Waals surface area contributed by atoms with Crippen LogP contribution >= 0.6 is 0 Å². The number of hydrogen-bond acceptors (Lipinski definition) is 6. The van der Waals surface area contributed by atoms with E-state index >= 15 is 0 Å². The van der Waals surface area contributed by atoms with E-state index in [0.29, 0.717) is 0 Å². The number of imide groups is 1. The molecule has 0 radical (unpaired) electrons. The highest BCUT2D eigenvalue weighted by Crippen LogP contribution is 2.29. The molecule has 0 saturated carbocycles. The van der Waals surface area contributed by atoms with E-state index in [9.17, 15) is 32.3 Å². The average Bonchev–Trinajstić information content (AvgIpc) is 2.86. The van der Waals surface area contributed by atoms with Crippen molar-refractivity contribution in [3.05, 3.63) is 65.2 Å². The van der Waals surface area contributed by atoms with Crippen molar-refractivity contribution in [3.8, 4) is 5.75 Å². The number of carbonyl (C=O) groups excluding carboxylic acids is 4. The molecule has 1 heterocycles. The molecule has 1 aliphatic rings. The fourth-order valence-corrected chi connectivity index (χ4v) is 3.62. The lowest BCUT2D eigenvalue weighted by Crippen LogP contribution is -2.41. The smallest absolute Gasteiger partial charge is 0.416 e. The fourth-order valence-electron chi connectivity index (χ4n) is 3.62. The minimum absolute atomic E-state index is 0.121. The molecule has 2 aromatic carbocycles. The van der Waals surface area contributed by atoms with Crippen LogP contribution in [0, 0.1) is 5.92 Å². The number of hydrogen-bond donors (Lipinski definition) is 1. The number of likely N-dealkylation sites (tertiary alicyclic amines) is 1. The molecule has 3 rings (SSSR count). The number of amides is 3. The highest BCUT2D eigenvalue weighted by Gasteiger charge is 2.32. The van der Waals surface area contributed by atoms with Gasteiger partial charge in [0, 0.05) is 18.7 Å². The van der Waals surface area contributed by atoms with E-state index in [-0.39, 0.29) is 42.8 Å². The second kappa shape index (κ2) is 11.0. The van der Waals surface area contributed by atoms with E-state index in [2.05, 4.69) is 5.32 Å². The molecule has 1 aliphatic heterocycles. The van der Waals surface area contributed by atoms with Gasteiger partial charge in [-0.25, -0.2) is 0 Å². The van der Waals surface area contributed by atoms with Gasteiger partial charge in [0.1, 0.15) is 5.75 Å². The summed E-state index contributed by atoms with van der Waals surface area (Å²) >= 11 is 0. The molecule has 8 nitrogen and oxygen atoms in total. The molecule has 1 N–H and O–H groups in total. The minimum atomic E-state index is -4.49. The largest absolute Gasteiger partial charge is 0.496 e. The molecule has 0 unspecified atom stereocenters. The first kappa shape index (κ1) is 25.7. The molecule has 0 atom stereocenters. The van der Waals surface area contributed by atoms with Crippen molar-refractivity contribution in [2.75, 3.05) is 26.8 Å². The summed E-state index contributed by atoms with van der Waals surface area (Å²) in [4.78, 5) is 50.6. The number of para-hydroxylation sites is 1. The summed E-state index contributed by atoms with van der Waals surface area (Å²) < 4.78 is 48.2. The Morgan fingerprint density at radius 1 is 1.00 bits per heavy atom. The molecule has 0 bridgehead atoms. The summed E-state index contributed by atoms with van der Waals surface area (Å²) in [6, 6.07) is 10.3. The van der Waals surface area contributed by atoms with Crippen molar-refractivity contribution in [2.24, 2.45) is 5.92 Å². The van der Waals surface area contributed by atoms with E-state index in [0.717, 1.165) is 24.3 Å². The molecule has 35 heavy (non-hydrogen) atoms. The van der Waals surface area contributed by atoms with E-state index in [1.807, 2.05) is 0 Å². The van der Waals surface area contributed by atoms with Crippen LogP contribution in [0.3, 0.4) is 0 Å². The fraction of sp³-hybridized carbons (Fsp3) is 0.333. The van der Waals surface area contributed by atoms with Crippen LogP contribution in [0.4, 0.5) is 13.2 Å². The summed E-state index contributed by atoms with van der Waals surface area (Å²) in [6.45, 7) is -0.235. The number of esters is 1. The van der Waals surface area contributed by atoms with Crippen LogP contribution in [0.15, 0.2) is 48.5 Å². The Hall–Kier alpha value is -3.89. The molecule has 2 aromatic rings. The van der Waals surface area contributed by atoms with Crippen molar-refractivity contribution in [1.29, 1.82) is 0 Å². The lowest BCUT2D eigenvalue weighted by Gasteiger charge is -2.31. The van der Waals surface area contributed by atoms with E-state index < -0.39 is 48.0 Å². The number of nitrogens with zero attached hydrogens (tertiary/aromatic N) is 1. The van der Waals surface area contributed by atoms with Gasteiger partial charge in [-0.15, -0.1) is 0 Å². The number of carbonyl (C=O) groups is 4. The Balaban J connectivity index is 1.45. The molecule has 1 saturated heterocycles. The van der Waals surface area contributed by atoms with Crippen LogP contribution in [0.1, 0.15) is 39.1 Å². The highest BCUT2D eigenvalue weighted by atomic mass is 19.4. The first-order chi connectivity index (χ1) is 16.6. The van der Waals surface area contributed by atoms with Crippen LogP contribution in [-0.2, 0) is 20.5 Å². The monoisotopic (exact) mass is 492 g/mol. The Labute approximate surface area is 199 Å². The van der Waals surface area contributed by atoms with E-state index in [4.69, 9.17) is 9.47 Å². The predicted octanol–water partition coefficient (Wildman–Crippen LogP) is 3.07. The molecule has 0 aromatic heterocycles. The molecular weight excluding hydrogens is 469 g/mol. The number of ether oxygens (including phenoxy) is 2. The first-order valence-electron chi connectivity index (χ1n) is 10.7. The molecule has 0 aliphatic carbocycles. The van der Waals surface area contributed by atoms with Crippen molar-refractivity contribution < 1.29 is 41.8 Å². The zero-order valence-corrected chi connectivity index (χ0v) is 18.8. The second-order valence-electron chi connectivity index (χ2n) is 7.83. The number of piperidine rings is 1. The van der Waals surface area contributed by atoms with E-state index in [1.54, 1.807) is 18.2 Å². The topological polar surface area (TPSA) is 102 Å². The molecule has 3 amide bonds. The maximum Gasteiger partial charge on any atom is 0.416 e. The summed E-state index contributed by atoms with van der Waals surface area (Å²) in [5.41, 5.74) is -0.570. The molecule has 186 valence electrons. The van der Waals surface area contributed by atoms with Crippen LogP contribution in [0.25, 0.3) is 0 Å². The molecule has 0 spiro atoms. The third-order valence-corrected chi connectivity index (χ3v) is 5.52. The van der Waals surface area contributed by atoms with Crippen molar-refractivity contribution >= 4 is 23.7 Å². The van der Waals surface area contributed by atoms with Crippen LogP contribution in [0.5, 0.6) is 5.75 Å². The summed E-state index contributed by atoms with van der Waals surface area (Å²) in [5.74, 6) is -2.83. The number of rotatable bonds is 6. The van der Waals surface area contributed by atoms with E-state index in [1.165, 1.54) is 18.1 Å². The van der Waals surface area contributed by atoms with Crippen molar-refractivity contribution in [1.82, 2.24) is 10.2 Å². The summed E-state index contributed by atoms with van der Waals surface area (Å²) in [5, 5.41) is 2.12. The van der Waals surface area contributed by atoms with Gasteiger partial charge < -0.3 is 14.4 Å². The number of halogens is 3. The standard InChI is InChI=1S/C24H23F3N2O6/c1-34-19-5-3-2-4-18(19)21(31)28-20(30)14-35-23(33)16-10-12-29(13-11-16)22(32)15-6-8-17(9-7-15)24(25,26)27/h2-9,16H,10-14H2,1H3,(H,28,30,31). The minimum Gasteiger partial charge on any atom is -0.496 e. The van der Waals surface area contributed by atoms with Gasteiger partial charge >= 0.3 is 12.1 Å². The quantitative estimate of drug-likeness (QED) is 0.622. The Kier molecular flexibility index (Phi) is 8.10. The van der Waals surface area contributed by atoms with Crippen molar-refractivity contribution in [3.63, 3.8) is 0 Å². The average molecular weight is 492 g/mol. The second-order valence-corrected chi connectivity index (χ2v) is 7.83. The van der Waals surface area contributed by atoms with Crippen LogP contribution in [0.2, 0.25) is 0 Å². The molecule has 11 heteroatoms. The summed E-state index contributed by atoms with van der Waals surface area (Å²) in [7, 11) is 1.39. The normalized spacial score (nSPS) is 14.2. The third kappa shape index (κ3) is 6.58. The highest BCUT2D eigenvalue weighted by molar-refractivity contribution is 6.06. The van der Waals surface area contributed by atoms with Gasteiger partial charge in [0.15, 0.2) is 6.61 Å². The SMILES string of the molecule is COc1ccccc1C(=O)NC(=O)COC(=O)C1CCN(C(=O)c2ccc(C(F)(F)F)cc2)CC1. The summed E-state index contributed by atoms with van der Waals surface area (Å²) in [6.07, 6.45) is -3.95.